The third-order valence-electron chi connectivity index (χ3n) is 2.78. The number of hydrogen-bond acceptors (Lipinski definition) is 2. The highest BCUT2D eigenvalue weighted by Crippen LogP contribution is 2.31. The van der Waals surface area contributed by atoms with Crippen molar-refractivity contribution < 1.29 is 13.5 Å². The summed E-state index contributed by atoms with van der Waals surface area (Å²) in [4.78, 5) is 0. The smallest absolute Gasteiger partial charge is 0.145 e. The Labute approximate surface area is 101 Å². The maximum atomic E-state index is 13.7. The van der Waals surface area contributed by atoms with Crippen LogP contribution in [0.4, 0.5) is 8.78 Å². The molecule has 16 heavy (non-hydrogen) atoms. The molecule has 1 saturated heterocycles. The van der Waals surface area contributed by atoms with E-state index in [4.69, 9.17) is 10.5 Å². The molecule has 2 unspecified atom stereocenters. The van der Waals surface area contributed by atoms with Gasteiger partial charge in [0.2, 0.25) is 0 Å². The van der Waals surface area contributed by atoms with Crippen LogP contribution < -0.4 is 5.73 Å². The number of halogens is 3. The van der Waals surface area contributed by atoms with Crippen molar-refractivity contribution in [3.8, 4) is 0 Å². The first-order valence-corrected chi connectivity index (χ1v) is 5.91. The van der Waals surface area contributed by atoms with Gasteiger partial charge in [-0.15, -0.1) is 0 Å². The molecule has 1 aliphatic rings. The quantitative estimate of drug-likeness (QED) is 0.851. The molecular formula is C11H12BrF2NO. The van der Waals surface area contributed by atoms with E-state index in [0.29, 0.717) is 6.61 Å². The molecule has 0 radical (unpaired) electrons. The maximum absolute atomic E-state index is 13.7. The van der Waals surface area contributed by atoms with Crippen molar-refractivity contribution in [3.63, 3.8) is 0 Å². The average molecular weight is 292 g/mol. The molecule has 5 heteroatoms. The van der Waals surface area contributed by atoms with E-state index >= 15 is 0 Å². The van der Waals surface area contributed by atoms with Crippen LogP contribution in [0.25, 0.3) is 0 Å². The highest BCUT2D eigenvalue weighted by Gasteiger charge is 2.29. The molecule has 2 rings (SSSR count). The topological polar surface area (TPSA) is 35.2 Å². The fraction of sp³-hybridized carbons (Fsp3) is 0.455. The predicted octanol–water partition coefficient (Wildman–Crippen LogP) is 2.91. The average Bonchev–Trinajstić information content (AvgIpc) is 2.77. The molecule has 1 aromatic rings. The highest BCUT2D eigenvalue weighted by atomic mass is 79.9. The summed E-state index contributed by atoms with van der Waals surface area (Å²) in [5.41, 5.74) is 5.75. The second-order valence-corrected chi connectivity index (χ2v) is 4.69. The van der Waals surface area contributed by atoms with Crippen LogP contribution in [0.3, 0.4) is 0 Å². The Hall–Kier alpha value is -0.520. The molecule has 0 saturated carbocycles. The van der Waals surface area contributed by atoms with Crippen molar-refractivity contribution in [2.24, 2.45) is 5.73 Å². The first-order valence-electron chi connectivity index (χ1n) is 5.12. The molecule has 1 heterocycles. The number of hydrogen-bond donors (Lipinski definition) is 1. The predicted molar refractivity (Wildman–Crippen MR) is 60.0 cm³/mol. The van der Waals surface area contributed by atoms with Crippen molar-refractivity contribution in [3.05, 3.63) is 33.8 Å². The van der Waals surface area contributed by atoms with Crippen molar-refractivity contribution in [1.29, 1.82) is 0 Å². The highest BCUT2D eigenvalue weighted by molar-refractivity contribution is 9.10. The Morgan fingerprint density at radius 2 is 2.19 bits per heavy atom. The zero-order valence-corrected chi connectivity index (χ0v) is 10.1. The Kier molecular flexibility index (Phi) is 3.56. The molecule has 0 amide bonds. The standard InChI is InChI=1S/C11H12BrF2NO/c12-6-3-4-7(13)9(10(6)14)11(15)8-2-1-5-16-8/h3-4,8,11H,1-2,5,15H2. The van der Waals surface area contributed by atoms with E-state index < -0.39 is 17.7 Å². The first-order chi connectivity index (χ1) is 7.61. The minimum absolute atomic E-state index is 0.0960. The lowest BCUT2D eigenvalue weighted by Gasteiger charge is -2.20. The summed E-state index contributed by atoms with van der Waals surface area (Å²) < 4.78 is 32.8. The van der Waals surface area contributed by atoms with Gasteiger partial charge in [-0.1, -0.05) is 0 Å². The second-order valence-electron chi connectivity index (χ2n) is 3.83. The van der Waals surface area contributed by atoms with E-state index in [1.165, 1.54) is 12.1 Å². The first kappa shape index (κ1) is 12.0. The molecule has 1 aliphatic heterocycles. The van der Waals surface area contributed by atoms with Crippen LogP contribution in [0.15, 0.2) is 16.6 Å². The van der Waals surface area contributed by atoms with E-state index in [1.54, 1.807) is 0 Å². The third-order valence-corrected chi connectivity index (χ3v) is 3.39. The summed E-state index contributed by atoms with van der Waals surface area (Å²) in [6.07, 6.45) is 1.33. The molecule has 1 aromatic carbocycles. The van der Waals surface area contributed by atoms with Crippen LogP contribution in [-0.2, 0) is 4.74 Å². The van der Waals surface area contributed by atoms with E-state index in [-0.39, 0.29) is 16.1 Å². The van der Waals surface area contributed by atoms with Gasteiger partial charge < -0.3 is 10.5 Å². The van der Waals surface area contributed by atoms with Crippen molar-refractivity contribution in [2.45, 2.75) is 25.0 Å². The van der Waals surface area contributed by atoms with Crippen LogP contribution in [0.2, 0.25) is 0 Å². The summed E-state index contributed by atoms with van der Waals surface area (Å²) in [6, 6.07) is 1.79. The van der Waals surface area contributed by atoms with Gasteiger partial charge >= 0.3 is 0 Å². The number of nitrogens with two attached hydrogens (primary N) is 1. The summed E-state index contributed by atoms with van der Waals surface area (Å²) in [5, 5.41) is 0. The van der Waals surface area contributed by atoms with Crippen LogP contribution in [0, 0.1) is 11.6 Å². The maximum Gasteiger partial charge on any atom is 0.145 e. The lowest BCUT2D eigenvalue weighted by Crippen LogP contribution is -2.27. The third kappa shape index (κ3) is 2.12. The fourth-order valence-electron chi connectivity index (χ4n) is 1.92. The molecule has 1 fully saturated rings. The Morgan fingerprint density at radius 3 is 2.81 bits per heavy atom. The number of ether oxygens (including phenoxy) is 1. The molecule has 2 atom stereocenters. The molecule has 88 valence electrons. The zero-order valence-electron chi connectivity index (χ0n) is 8.55. The van der Waals surface area contributed by atoms with Crippen LogP contribution in [-0.4, -0.2) is 12.7 Å². The Bertz CT molecular complexity index is 394. The van der Waals surface area contributed by atoms with Crippen LogP contribution in [0.5, 0.6) is 0 Å². The van der Waals surface area contributed by atoms with Gasteiger partial charge in [0.25, 0.3) is 0 Å². The Morgan fingerprint density at radius 1 is 1.44 bits per heavy atom. The van der Waals surface area contributed by atoms with Gasteiger partial charge in [-0.25, -0.2) is 8.78 Å². The van der Waals surface area contributed by atoms with Crippen molar-refractivity contribution in [1.82, 2.24) is 0 Å². The molecule has 0 aromatic heterocycles. The Balaban J connectivity index is 2.34. The van der Waals surface area contributed by atoms with Gasteiger partial charge in [-0.05, 0) is 40.9 Å². The number of rotatable bonds is 2. The SMILES string of the molecule is NC(c1c(F)ccc(Br)c1F)C1CCCO1. The molecule has 0 spiro atoms. The zero-order chi connectivity index (χ0) is 11.7. The molecule has 2 nitrogen and oxygen atoms in total. The lowest BCUT2D eigenvalue weighted by atomic mass is 9.99. The second kappa shape index (κ2) is 4.77. The summed E-state index contributed by atoms with van der Waals surface area (Å²) >= 11 is 3.02. The van der Waals surface area contributed by atoms with E-state index in [0.717, 1.165) is 12.8 Å². The lowest BCUT2D eigenvalue weighted by molar-refractivity contribution is 0.0879. The molecule has 0 bridgehead atoms. The summed E-state index contributed by atoms with van der Waals surface area (Å²) in [6.45, 7) is 0.607. The summed E-state index contributed by atoms with van der Waals surface area (Å²) in [7, 11) is 0. The summed E-state index contributed by atoms with van der Waals surface area (Å²) in [5.74, 6) is -1.26. The van der Waals surface area contributed by atoms with Gasteiger partial charge in [-0.2, -0.15) is 0 Å². The minimum Gasteiger partial charge on any atom is -0.376 e. The van der Waals surface area contributed by atoms with E-state index in [1.807, 2.05) is 0 Å². The van der Waals surface area contributed by atoms with E-state index in [2.05, 4.69) is 15.9 Å². The fourth-order valence-corrected chi connectivity index (χ4v) is 2.27. The van der Waals surface area contributed by atoms with Gasteiger partial charge in [0, 0.05) is 12.2 Å². The van der Waals surface area contributed by atoms with Gasteiger partial charge in [-0.3, -0.25) is 0 Å². The minimum atomic E-state index is -0.750. The molecular weight excluding hydrogens is 280 g/mol. The largest absolute Gasteiger partial charge is 0.376 e. The van der Waals surface area contributed by atoms with Gasteiger partial charge in [0.1, 0.15) is 11.6 Å². The normalized spacial score (nSPS) is 22.4. The monoisotopic (exact) mass is 291 g/mol. The van der Waals surface area contributed by atoms with Crippen molar-refractivity contribution >= 4 is 15.9 Å². The number of benzene rings is 1. The van der Waals surface area contributed by atoms with Crippen LogP contribution >= 0.6 is 15.9 Å². The van der Waals surface area contributed by atoms with E-state index in [9.17, 15) is 8.78 Å². The van der Waals surface area contributed by atoms with Gasteiger partial charge in [0.15, 0.2) is 0 Å². The molecule has 0 aliphatic carbocycles. The van der Waals surface area contributed by atoms with Gasteiger partial charge in [0.05, 0.1) is 16.6 Å². The van der Waals surface area contributed by atoms with Crippen LogP contribution in [0.1, 0.15) is 24.4 Å². The van der Waals surface area contributed by atoms with Crippen molar-refractivity contribution in [2.75, 3.05) is 6.61 Å². The molecule has 2 N–H and O–H groups in total.